The van der Waals surface area contributed by atoms with Crippen molar-refractivity contribution in [3.05, 3.63) is 41.9 Å². The molecular weight excluding hydrogens is 394 g/mol. The molecule has 0 atom stereocenters. The highest BCUT2D eigenvalue weighted by molar-refractivity contribution is 7.92. The molecule has 28 heavy (non-hydrogen) atoms. The number of fused-ring (bicyclic) bond motifs is 1. The van der Waals surface area contributed by atoms with E-state index in [4.69, 9.17) is 4.74 Å². The summed E-state index contributed by atoms with van der Waals surface area (Å²) in [7, 11) is -2.34. The van der Waals surface area contributed by atoms with Crippen molar-refractivity contribution in [3.63, 3.8) is 0 Å². The molecule has 0 spiro atoms. The number of ether oxygens (including phenoxy) is 1. The van der Waals surface area contributed by atoms with Crippen molar-refractivity contribution in [2.75, 3.05) is 4.72 Å². The number of carbonyl (C=O) groups excluding carboxylic acids is 1. The van der Waals surface area contributed by atoms with E-state index in [2.05, 4.69) is 14.8 Å². The zero-order valence-corrected chi connectivity index (χ0v) is 15.9. The Morgan fingerprint density at radius 2 is 2.00 bits per heavy atom. The molecule has 3 aromatic rings. The summed E-state index contributed by atoms with van der Waals surface area (Å²) in [5.74, 6) is -0.833. The molecular formula is C17H16F2N4O4S. The Bertz CT molecular complexity index is 1180. The summed E-state index contributed by atoms with van der Waals surface area (Å²) in [5.41, 5.74) is 0.242. The zero-order chi connectivity index (χ0) is 20.6. The van der Waals surface area contributed by atoms with Gasteiger partial charge in [0.05, 0.1) is 17.4 Å². The number of carbonyl (C=O) groups is 1. The first-order chi connectivity index (χ1) is 13.1. The molecule has 8 nitrogen and oxygen atoms in total. The van der Waals surface area contributed by atoms with E-state index in [1.54, 1.807) is 14.0 Å². The van der Waals surface area contributed by atoms with Gasteiger partial charge in [0.25, 0.3) is 16.4 Å². The minimum atomic E-state index is -3.92. The maximum absolute atomic E-state index is 13.1. The minimum Gasteiger partial charge on any atom is -0.426 e. The highest BCUT2D eigenvalue weighted by Crippen LogP contribution is 2.34. The van der Waals surface area contributed by atoms with E-state index in [0.717, 1.165) is 13.0 Å². The lowest BCUT2D eigenvalue weighted by molar-refractivity contribution is -0.131. The number of pyridine rings is 1. The molecule has 3 rings (SSSR count). The summed E-state index contributed by atoms with van der Waals surface area (Å²) in [6.07, 6.45) is -0.332. The van der Waals surface area contributed by atoms with Crippen LogP contribution in [0.3, 0.4) is 0 Å². The number of nitrogens with zero attached hydrogens (tertiary/aromatic N) is 3. The standard InChI is InChI=1S/C17H16F2N4O4S/c1-9-4-14-12(16(27-10(2)24)6-15(21-14)17(18)19)5-13(9)22-28(25,26)11-7-20-23(3)8-11/h4-8,17,22H,1-3H3. The predicted molar refractivity (Wildman–Crippen MR) is 96.8 cm³/mol. The third-order valence-corrected chi connectivity index (χ3v) is 5.17. The van der Waals surface area contributed by atoms with Gasteiger partial charge in [0, 0.05) is 31.6 Å². The molecule has 2 heterocycles. The number of benzene rings is 1. The second-order valence-electron chi connectivity index (χ2n) is 6.08. The summed E-state index contributed by atoms with van der Waals surface area (Å²) in [4.78, 5) is 15.2. The number of aryl methyl sites for hydroxylation is 2. The second kappa shape index (κ2) is 7.15. The van der Waals surface area contributed by atoms with Crippen LogP contribution in [0.2, 0.25) is 0 Å². The van der Waals surface area contributed by atoms with E-state index in [-0.39, 0.29) is 27.2 Å². The van der Waals surface area contributed by atoms with Crippen LogP contribution in [0.4, 0.5) is 14.5 Å². The number of hydrogen-bond acceptors (Lipinski definition) is 6. The van der Waals surface area contributed by atoms with Crippen LogP contribution in [0.15, 0.2) is 35.5 Å². The number of esters is 1. The van der Waals surface area contributed by atoms with Crippen LogP contribution in [0.1, 0.15) is 24.6 Å². The van der Waals surface area contributed by atoms with Gasteiger partial charge in [-0.2, -0.15) is 5.10 Å². The van der Waals surface area contributed by atoms with Crippen LogP contribution in [-0.2, 0) is 21.9 Å². The van der Waals surface area contributed by atoms with Gasteiger partial charge >= 0.3 is 5.97 Å². The monoisotopic (exact) mass is 410 g/mol. The minimum absolute atomic E-state index is 0.0409. The van der Waals surface area contributed by atoms with Crippen LogP contribution in [0.5, 0.6) is 5.75 Å². The first kappa shape index (κ1) is 19.7. The molecule has 0 aliphatic rings. The number of halogens is 2. The summed E-state index contributed by atoms with van der Waals surface area (Å²) in [6.45, 7) is 2.73. The Hall–Kier alpha value is -3.08. The Balaban J connectivity index is 2.13. The quantitative estimate of drug-likeness (QED) is 0.649. The van der Waals surface area contributed by atoms with Gasteiger partial charge in [-0.1, -0.05) is 0 Å². The van der Waals surface area contributed by atoms with Crippen molar-refractivity contribution in [1.82, 2.24) is 14.8 Å². The SMILES string of the molecule is CC(=O)Oc1cc(C(F)F)nc2cc(C)c(NS(=O)(=O)c3cnn(C)c3)cc12. The van der Waals surface area contributed by atoms with E-state index in [1.807, 2.05) is 0 Å². The fourth-order valence-corrected chi connectivity index (χ4v) is 3.67. The van der Waals surface area contributed by atoms with Gasteiger partial charge in [-0.15, -0.1) is 0 Å². The molecule has 0 radical (unpaired) electrons. The van der Waals surface area contributed by atoms with Gasteiger partial charge in [-0.05, 0) is 24.6 Å². The zero-order valence-electron chi connectivity index (χ0n) is 15.1. The number of nitrogens with one attached hydrogen (secondary N) is 1. The van der Waals surface area contributed by atoms with Crippen molar-refractivity contribution in [2.45, 2.75) is 25.2 Å². The molecule has 0 saturated heterocycles. The lowest BCUT2D eigenvalue weighted by Gasteiger charge is -2.14. The van der Waals surface area contributed by atoms with E-state index in [1.165, 1.54) is 29.2 Å². The van der Waals surface area contributed by atoms with E-state index >= 15 is 0 Å². The van der Waals surface area contributed by atoms with Crippen LogP contribution in [0.25, 0.3) is 10.9 Å². The maximum Gasteiger partial charge on any atom is 0.308 e. The largest absolute Gasteiger partial charge is 0.426 e. The molecule has 1 N–H and O–H groups in total. The van der Waals surface area contributed by atoms with Gasteiger partial charge < -0.3 is 4.74 Å². The number of rotatable bonds is 5. The van der Waals surface area contributed by atoms with Crippen LogP contribution in [-0.4, -0.2) is 29.2 Å². The van der Waals surface area contributed by atoms with E-state index in [0.29, 0.717) is 5.56 Å². The molecule has 2 aromatic heterocycles. The lowest BCUT2D eigenvalue weighted by Crippen LogP contribution is -2.13. The Morgan fingerprint density at radius 3 is 2.57 bits per heavy atom. The smallest absolute Gasteiger partial charge is 0.308 e. The topological polar surface area (TPSA) is 103 Å². The van der Waals surface area contributed by atoms with Crippen LogP contribution in [0, 0.1) is 6.92 Å². The highest BCUT2D eigenvalue weighted by atomic mass is 32.2. The number of hydrogen-bond donors (Lipinski definition) is 1. The van der Waals surface area contributed by atoms with Crippen molar-refractivity contribution in [2.24, 2.45) is 7.05 Å². The van der Waals surface area contributed by atoms with Crippen molar-refractivity contribution < 1.29 is 26.7 Å². The van der Waals surface area contributed by atoms with Gasteiger partial charge in [-0.25, -0.2) is 22.2 Å². The van der Waals surface area contributed by atoms with Gasteiger partial charge in [0.1, 0.15) is 16.3 Å². The summed E-state index contributed by atoms with van der Waals surface area (Å²) >= 11 is 0. The van der Waals surface area contributed by atoms with Crippen molar-refractivity contribution in [3.8, 4) is 5.75 Å². The van der Waals surface area contributed by atoms with Crippen LogP contribution >= 0.6 is 0 Å². The molecule has 148 valence electrons. The van der Waals surface area contributed by atoms with Gasteiger partial charge in [0.2, 0.25) is 0 Å². The number of alkyl halides is 2. The predicted octanol–water partition coefficient (Wildman–Crippen LogP) is 2.94. The third kappa shape index (κ3) is 3.93. The molecule has 0 aliphatic heterocycles. The normalized spacial score (nSPS) is 11.8. The summed E-state index contributed by atoms with van der Waals surface area (Å²) in [5, 5.41) is 4.05. The molecule has 11 heteroatoms. The Kier molecular flexibility index (Phi) is 5.02. The van der Waals surface area contributed by atoms with E-state index < -0.39 is 28.1 Å². The third-order valence-electron chi connectivity index (χ3n) is 3.85. The lowest BCUT2D eigenvalue weighted by atomic mass is 10.1. The molecule has 0 fully saturated rings. The molecule has 0 amide bonds. The fourth-order valence-electron chi connectivity index (χ4n) is 2.57. The molecule has 0 aliphatic carbocycles. The fraction of sp³-hybridized carbons (Fsp3) is 0.235. The average molecular weight is 410 g/mol. The maximum atomic E-state index is 13.1. The average Bonchev–Trinajstić information content (AvgIpc) is 3.02. The molecule has 0 bridgehead atoms. The van der Waals surface area contributed by atoms with Crippen molar-refractivity contribution in [1.29, 1.82) is 0 Å². The highest BCUT2D eigenvalue weighted by Gasteiger charge is 2.20. The number of anilines is 1. The number of sulfonamides is 1. The van der Waals surface area contributed by atoms with Gasteiger partial charge in [-0.3, -0.25) is 14.2 Å². The molecule has 0 unspecified atom stereocenters. The Morgan fingerprint density at radius 1 is 1.29 bits per heavy atom. The number of aromatic nitrogens is 3. The van der Waals surface area contributed by atoms with Crippen molar-refractivity contribution >= 4 is 32.6 Å². The summed E-state index contributed by atoms with van der Waals surface area (Å²) in [6, 6.07) is 3.79. The molecule has 0 saturated carbocycles. The first-order valence-electron chi connectivity index (χ1n) is 8.00. The van der Waals surface area contributed by atoms with E-state index in [9.17, 15) is 22.0 Å². The second-order valence-corrected chi connectivity index (χ2v) is 7.76. The molecule has 1 aromatic carbocycles. The summed E-state index contributed by atoms with van der Waals surface area (Å²) < 4.78 is 60.1. The first-order valence-corrected chi connectivity index (χ1v) is 9.48. The Labute approximate surface area is 159 Å². The van der Waals surface area contributed by atoms with Gasteiger partial charge in [0.15, 0.2) is 0 Å². The van der Waals surface area contributed by atoms with Crippen LogP contribution < -0.4 is 9.46 Å².